The van der Waals surface area contributed by atoms with Crippen LogP contribution < -0.4 is 5.32 Å². The molecule has 1 N–H and O–H groups in total. The number of aryl methyl sites for hydroxylation is 1. The summed E-state index contributed by atoms with van der Waals surface area (Å²) in [5.41, 5.74) is 4.63. The minimum absolute atomic E-state index is 0.309. The second-order valence-electron chi connectivity index (χ2n) is 5.26. The number of hydrogen-bond acceptors (Lipinski definition) is 2. The number of hydrogen-bond donors (Lipinski definition) is 1. The minimum Gasteiger partial charge on any atom is -0.310 e. The second-order valence-corrected chi connectivity index (χ2v) is 6.58. The van der Waals surface area contributed by atoms with E-state index in [4.69, 9.17) is 11.6 Å². The van der Waals surface area contributed by atoms with Crippen LogP contribution in [0.5, 0.6) is 0 Å². The van der Waals surface area contributed by atoms with Gasteiger partial charge in [0, 0.05) is 26.8 Å². The summed E-state index contributed by atoms with van der Waals surface area (Å²) >= 11 is 9.74. The number of benzene rings is 1. The van der Waals surface area contributed by atoms with Crippen LogP contribution in [0.4, 0.5) is 0 Å². The van der Waals surface area contributed by atoms with Gasteiger partial charge >= 0.3 is 0 Å². The minimum atomic E-state index is 0.309. The fourth-order valence-corrected chi connectivity index (χ4v) is 3.44. The highest BCUT2D eigenvalue weighted by molar-refractivity contribution is 9.10. The Morgan fingerprint density at radius 1 is 1.38 bits per heavy atom. The summed E-state index contributed by atoms with van der Waals surface area (Å²) in [6.07, 6.45) is 0. The molecule has 0 radical (unpaired) electrons. The Balaban J connectivity index is 2.31. The SMILES string of the molecule is CCNC(C)c1c(C)nn(Cc2ccc(Br)cc2Cl)c1C. The van der Waals surface area contributed by atoms with Gasteiger partial charge in [0.05, 0.1) is 12.2 Å². The third-order valence-corrected chi connectivity index (χ3v) is 4.56. The Morgan fingerprint density at radius 3 is 2.71 bits per heavy atom. The molecule has 0 aliphatic rings. The van der Waals surface area contributed by atoms with Crippen LogP contribution in [0.15, 0.2) is 22.7 Å². The molecular formula is C16H21BrClN3. The summed E-state index contributed by atoms with van der Waals surface area (Å²) < 4.78 is 3.03. The van der Waals surface area contributed by atoms with Crippen LogP contribution in [-0.4, -0.2) is 16.3 Å². The highest BCUT2D eigenvalue weighted by atomic mass is 79.9. The number of halogens is 2. The van der Waals surface area contributed by atoms with E-state index >= 15 is 0 Å². The number of aromatic nitrogens is 2. The predicted octanol–water partition coefficient (Wildman–Crippen LogP) is 4.63. The van der Waals surface area contributed by atoms with Crippen molar-refractivity contribution in [1.82, 2.24) is 15.1 Å². The highest BCUT2D eigenvalue weighted by Gasteiger charge is 2.17. The van der Waals surface area contributed by atoms with Crippen molar-refractivity contribution in [2.75, 3.05) is 6.54 Å². The zero-order chi connectivity index (χ0) is 15.6. The Kier molecular flexibility index (Phi) is 5.47. The molecule has 1 atom stereocenters. The van der Waals surface area contributed by atoms with E-state index in [-0.39, 0.29) is 0 Å². The lowest BCUT2D eigenvalue weighted by Crippen LogP contribution is -2.19. The van der Waals surface area contributed by atoms with E-state index in [1.807, 2.05) is 22.9 Å². The summed E-state index contributed by atoms with van der Waals surface area (Å²) in [6.45, 7) is 10.1. The van der Waals surface area contributed by atoms with Gasteiger partial charge in [0.2, 0.25) is 0 Å². The molecule has 3 nitrogen and oxygen atoms in total. The van der Waals surface area contributed by atoms with Crippen molar-refractivity contribution in [3.05, 3.63) is 50.2 Å². The highest BCUT2D eigenvalue weighted by Crippen LogP contribution is 2.25. The molecule has 0 bridgehead atoms. The predicted molar refractivity (Wildman–Crippen MR) is 92.0 cm³/mol. The first-order valence-electron chi connectivity index (χ1n) is 7.15. The van der Waals surface area contributed by atoms with Crippen LogP contribution >= 0.6 is 27.5 Å². The maximum Gasteiger partial charge on any atom is 0.0677 e. The van der Waals surface area contributed by atoms with Crippen LogP contribution in [0, 0.1) is 13.8 Å². The lowest BCUT2D eigenvalue weighted by atomic mass is 10.1. The first kappa shape index (κ1) is 16.5. The average molecular weight is 371 g/mol. The first-order valence-corrected chi connectivity index (χ1v) is 8.32. The topological polar surface area (TPSA) is 29.9 Å². The molecule has 1 heterocycles. The largest absolute Gasteiger partial charge is 0.310 e. The molecule has 0 fully saturated rings. The number of nitrogens with one attached hydrogen (secondary N) is 1. The monoisotopic (exact) mass is 369 g/mol. The van der Waals surface area contributed by atoms with E-state index in [1.165, 1.54) is 11.3 Å². The lowest BCUT2D eigenvalue weighted by molar-refractivity contribution is 0.589. The zero-order valence-electron chi connectivity index (χ0n) is 12.9. The fraction of sp³-hybridized carbons (Fsp3) is 0.438. The summed E-state index contributed by atoms with van der Waals surface area (Å²) in [5.74, 6) is 0. The van der Waals surface area contributed by atoms with E-state index in [9.17, 15) is 0 Å². The molecular weight excluding hydrogens is 350 g/mol. The summed E-state index contributed by atoms with van der Waals surface area (Å²) in [7, 11) is 0. The van der Waals surface area contributed by atoms with Gasteiger partial charge in [0.1, 0.15) is 0 Å². The maximum absolute atomic E-state index is 6.31. The average Bonchev–Trinajstić information content (AvgIpc) is 2.68. The Labute approximate surface area is 139 Å². The van der Waals surface area contributed by atoms with Crippen molar-refractivity contribution in [2.45, 2.75) is 40.3 Å². The van der Waals surface area contributed by atoms with Crippen molar-refractivity contribution in [3.8, 4) is 0 Å². The van der Waals surface area contributed by atoms with E-state index in [0.29, 0.717) is 12.6 Å². The molecule has 0 amide bonds. The van der Waals surface area contributed by atoms with Crippen LogP contribution in [-0.2, 0) is 6.54 Å². The van der Waals surface area contributed by atoms with Gasteiger partial charge < -0.3 is 5.32 Å². The molecule has 1 aromatic heterocycles. The van der Waals surface area contributed by atoms with Gasteiger partial charge in [-0.15, -0.1) is 0 Å². The van der Waals surface area contributed by atoms with Crippen molar-refractivity contribution >= 4 is 27.5 Å². The van der Waals surface area contributed by atoms with E-state index in [1.54, 1.807) is 0 Å². The third kappa shape index (κ3) is 3.68. The summed E-state index contributed by atoms with van der Waals surface area (Å²) in [4.78, 5) is 0. The van der Waals surface area contributed by atoms with Gasteiger partial charge in [-0.3, -0.25) is 4.68 Å². The molecule has 21 heavy (non-hydrogen) atoms. The first-order chi connectivity index (χ1) is 9.93. The quantitative estimate of drug-likeness (QED) is 0.831. The van der Waals surface area contributed by atoms with Gasteiger partial charge in [-0.2, -0.15) is 5.10 Å². The zero-order valence-corrected chi connectivity index (χ0v) is 15.2. The van der Waals surface area contributed by atoms with Gasteiger partial charge in [-0.1, -0.05) is 40.5 Å². The van der Waals surface area contributed by atoms with Crippen molar-refractivity contribution in [2.24, 2.45) is 0 Å². The molecule has 0 saturated carbocycles. The van der Waals surface area contributed by atoms with Crippen LogP contribution in [0.1, 0.15) is 42.4 Å². The van der Waals surface area contributed by atoms with E-state index in [0.717, 1.165) is 27.3 Å². The molecule has 0 saturated heterocycles. The molecule has 2 rings (SSSR count). The van der Waals surface area contributed by atoms with Gasteiger partial charge in [-0.25, -0.2) is 0 Å². The van der Waals surface area contributed by atoms with Crippen molar-refractivity contribution < 1.29 is 0 Å². The van der Waals surface area contributed by atoms with Crippen molar-refractivity contribution in [1.29, 1.82) is 0 Å². The summed E-state index contributed by atoms with van der Waals surface area (Å²) in [6, 6.07) is 6.28. The maximum atomic E-state index is 6.31. The molecule has 114 valence electrons. The van der Waals surface area contributed by atoms with E-state index < -0.39 is 0 Å². The van der Waals surface area contributed by atoms with Crippen LogP contribution in [0.3, 0.4) is 0 Å². The smallest absolute Gasteiger partial charge is 0.0677 e. The lowest BCUT2D eigenvalue weighted by Gasteiger charge is -2.13. The standard InChI is InChI=1S/C16H21BrClN3/c1-5-19-10(2)16-11(3)20-21(12(16)4)9-13-6-7-14(17)8-15(13)18/h6-8,10,19H,5,9H2,1-4H3. The molecule has 0 aliphatic carbocycles. The third-order valence-electron chi connectivity index (χ3n) is 3.72. The van der Waals surface area contributed by atoms with Crippen LogP contribution in [0.2, 0.25) is 5.02 Å². The Bertz CT molecular complexity index is 637. The van der Waals surface area contributed by atoms with Gasteiger partial charge in [0.25, 0.3) is 0 Å². The molecule has 1 unspecified atom stereocenters. The van der Waals surface area contributed by atoms with Crippen molar-refractivity contribution in [3.63, 3.8) is 0 Å². The van der Waals surface area contributed by atoms with Gasteiger partial charge in [0.15, 0.2) is 0 Å². The Hall–Kier alpha value is -0.840. The number of rotatable bonds is 5. The van der Waals surface area contributed by atoms with Crippen LogP contribution in [0.25, 0.3) is 0 Å². The number of nitrogens with zero attached hydrogens (tertiary/aromatic N) is 2. The molecule has 2 aromatic rings. The van der Waals surface area contributed by atoms with E-state index in [2.05, 4.69) is 54.0 Å². The van der Waals surface area contributed by atoms with Gasteiger partial charge in [-0.05, 0) is 45.0 Å². The normalized spacial score (nSPS) is 12.7. The molecule has 0 spiro atoms. The molecule has 5 heteroatoms. The molecule has 0 aliphatic heterocycles. The Morgan fingerprint density at radius 2 is 2.10 bits per heavy atom. The second kappa shape index (κ2) is 6.95. The fourth-order valence-electron chi connectivity index (χ4n) is 2.71. The molecule has 1 aromatic carbocycles. The summed E-state index contributed by atoms with van der Waals surface area (Å²) in [5, 5.41) is 8.89.